The number of rotatable bonds is 7. The van der Waals surface area contributed by atoms with Crippen LogP contribution in [-0.2, 0) is 4.79 Å². The molecule has 1 amide bonds. The molecular weight excluding hydrogens is 288 g/mol. The quantitative estimate of drug-likeness (QED) is 0.805. The summed E-state index contributed by atoms with van der Waals surface area (Å²) in [5, 5.41) is 2.84. The highest BCUT2D eigenvalue weighted by Crippen LogP contribution is 2.19. The molecule has 0 fully saturated rings. The predicted octanol–water partition coefficient (Wildman–Crippen LogP) is 3.74. The topological polar surface area (TPSA) is 64.4 Å². The van der Waals surface area contributed by atoms with Crippen LogP contribution in [0.25, 0.3) is 0 Å². The third-order valence-electron chi connectivity index (χ3n) is 3.31. The van der Waals surface area contributed by atoms with Gasteiger partial charge in [-0.25, -0.2) is 0 Å². The van der Waals surface area contributed by atoms with Crippen molar-refractivity contribution < 1.29 is 9.53 Å². The average molecular weight is 315 g/mol. The fraction of sp³-hybridized carbons (Fsp3) is 0.562. The molecule has 0 aromatic heterocycles. The van der Waals surface area contributed by atoms with E-state index in [1.807, 2.05) is 38.1 Å². The first-order valence-corrected chi connectivity index (χ1v) is 7.26. The molecule has 3 N–H and O–H groups in total. The summed E-state index contributed by atoms with van der Waals surface area (Å²) in [5.74, 6) is 0.649. The van der Waals surface area contributed by atoms with Crippen molar-refractivity contribution in [2.24, 2.45) is 5.73 Å². The normalized spacial score (nSPS) is 14.5. The van der Waals surface area contributed by atoms with Crippen LogP contribution in [0.1, 0.15) is 47.0 Å². The molecule has 120 valence electrons. The molecule has 0 saturated heterocycles. The number of nitrogens with two attached hydrogens (primary N) is 1. The first-order valence-electron chi connectivity index (χ1n) is 7.26. The molecule has 4 nitrogen and oxygen atoms in total. The Hall–Kier alpha value is -1.26. The maximum atomic E-state index is 12.1. The minimum Gasteiger partial charge on any atom is -0.491 e. The Kier molecular flexibility index (Phi) is 8.37. The van der Waals surface area contributed by atoms with E-state index in [1.54, 1.807) is 6.92 Å². The van der Waals surface area contributed by atoms with Crippen molar-refractivity contribution in [1.29, 1.82) is 0 Å². The smallest absolute Gasteiger partial charge is 0.244 e. The van der Waals surface area contributed by atoms with Crippen molar-refractivity contribution in [3.05, 3.63) is 24.3 Å². The van der Waals surface area contributed by atoms with Crippen LogP contribution in [-0.4, -0.2) is 17.6 Å². The van der Waals surface area contributed by atoms with Crippen LogP contribution in [0.3, 0.4) is 0 Å². The van der Waals surface area contributed by atoms with Gasteiger partial charge in [-0.05, 0) is 51.0 Å². The van der Waals surface area contributed by atoms with E-state index in [1.165, 1.54) is 0 Å². The molecule has 0 aliphatic carbocycles. The first-order chi connectivity index (χ1) is 9.39. The molecule has 0 aliphatic heterocycles. The third kappa shape index (κ3) is 6.36. The van der Waals surface area contributed by atoms with Gasteiger partial charge in [0.15, 0.2) is 0 Å². The van der Waals surface area contributed by atoms with E-state index in [0.717, 1.165) is 24.3 Å². The Morgan fingerprint density at radius 3 is 2.38 bits per heavy atom. The lowest BCUT2D eigenvalue weighted by Gasteiger charge is -2.23. The van der Waals surface area contributed by atoms with Gasteiger partial charge in [-0.3, -0.25) is 4.79 Å². The highest BCUT2D eigenvalue weighted by molar-refractivity contribution is 5.97. The van der Waals surface area contributed by atoms with Gasteiger partial charge < -0.3 is 15.8 Å². The molecule has 21 heavy (non-hydrogen) atoms. The molecule has 2 unspecified atom stereocenters. The molecule has 0 radical (unpaired) electrons. The standard InChI is InChI=1S/C16H26N2O2.ClH/c1-5-11-16(4,17)15(19)18-13-7-9-14(10-8-13)20-12(3)6-2;/h7-10,12H,5-6,11,17H2,1-4H3,(H,18,19);1H. The van der Waals surface area contributed by atoms with Gasteiger partial charge in [0.1, 0.15) is 5.75 Å². The Morgan fingerprint density at radius 2 is 1.90 bits per heavy atom. The van der Waals surface area contributed by atoms with E-state index < -0.39 is 5.54 Å². The van der Waals surface area contributed by atoms with Crippen molar-refractivity contribution >= 4 is 24.0 Å². The zero-order chi connectivity index (χ0) is 15.2. The van der Waals surface area contributed by atoms with E-state index in [2.05, 4.69) is 12.2 Å². The summed E-state index contributed by atoms with van der Waals surface area (Å²) in [7, 11) is 0. The van der Waals surface area contributed by atoms with Crippen molar-refractivity contribution in [3.63, 3.8) is 0 Å². The number of halogens is 1. The summed E-state index contributed by atoms with van der Waals surface area (Å²) in [4.78, 5) is 12.1. The predicted molar refractivity (Wildman–Crippen MR) is 90.2 cm³/mol. The van der Waals surface area contributed by atoms with Gasteiger partial charge >= 0.3 is 0 Å². The summed E-state index contributed by atoms with van der Waals surface area (Å²) >= 11 is 0. The molecule has 0 saturated carbocycles. The van der Waals surface area contributed by atoms with Crippen LogP contribution in [0.15, 0.2) is 24.3 Å². The molecular formula is C16H27ClN2O2. The maximum Gasteiger partial charge on any atom is 0.244 e. The van der Waals surface area contributed by atoms with Gasteiger partial charge in [0.25, 0.3) is 0 Å². The van der Waals surface area contributed by atoms with E-state index in [9.17, 15) is 4.79 Å². The van der Waals surface area contributed by atoms with E-state index in [0.29, 0.717) is 6.42 Å². The molecule has 2 atom stereocenters. The van der Waals surface area contributed by atoms with Gasteiger partial charge in [0.05, 0.1) is 11.6 Å². The zero-order valence-electron chi connectivity index (χ0n) is 13.3. The number of anilines is 1. The van der Waals surface area contributed by atoms with Crippen LogP contribution in [0, 0.1) is 0 Å². The summed E-state index contributed by atoms with van der Waals surface area (Å²) in [5.41, 5.74) is 5.90. The number of carbonyl (C=O) groups excluding carboxylic acids is 1. The number of benzene rings is 1. The molecule has 5 heteroatoms. The SMILES string of the molecule is CCCC(C)(N)C(=O)Nc1ccc(OC(C)CC)cc1.Cl. The third-order valence-corrected chi connectivity index (χ3v) is 3.31. The monoisotopic (exact) mass is 314 g/mol. The maximum absolute atomic E-state index is 12.1. The molecule has 1 rings (SSSR count). The lowest BCUT2D eigenvalue weighted by molar-refractivity contribution is -0.120. The number of amides is 1. The second-order valence-corrected chi connectivity index (χ2v) is 5.48. The first kappa shape index (κ1) is 19.7. The summed E-state index contributed by atoms with van der Waals surface area (Å²) in [6, 6.07) is 7.38. The van der Waals surface area contributed by atoms with Crippen molar-refractivity contribution in [2.45, 2.75) is 58.6 Å². The molecule has 0 spiro atoms. The van der Waals surface area contributed by atoms with Crippen molar-refractivity contribution in [1.82, 2.24) is 0 Å². The van der Waals surface area contributed by atoms with Gasteiger partial charge in [-0.1, -0.05) is 20.3 Å². The number of nitrogens with one attached hydrogen (secondary N) is 1. The van der Waals surface area contributed by atoms with Gasteiger partial charge in [-0.15, -0.1) is 12.4 Å². The highest BCUT2D eigenvalue weighted by Gasteiger charge is 2.27. The number of hydrogen-bond acceptors (Lipinski definition) is 3. The molecule has 0 aliphatic rings. The van der Waals surface area contributed by atoms with Gasteiger partial charge in [0.2, 0.25) is 5.91 Å². The zero-order valence-corrected chi connectivity index (χ0v) is 14.1. The second-order valence-electron chi connectivity index (χ2n) is 5.48. The van der Waals surface area contributed by atoms with E-state index in [-0.39, 0.29) is 24.4 Å². The number of carbonyl (C=O) groups is 1. The van der Waals surface area contributed by atoms with Crippen LogP contribution >= 0.6 is 12.4 Å². The average Bonchev–Trinajstić information content (AvgIpc) is 2.40. The Morgan fingerprint density at radius 1 is 1.33 bits per heavy atom. The minimum atomic E-state index is -0.833. The van der Waals surface area contributed by atoms with Gasteiger partial charge in [0, 0.05) is 5.69 Å². The fourth-order valence-corrected chi connectivity index (χ4v) is 1.84. The van der Waals surface area contributed by atoms with Crippen molar-refractivity contribution in [2.75, 3.05) is 5.32 Å². The largest absolute Gasteiger partial charge is 0.491 e. The molecule has 1 aromatic rings. The second kappa shape index (κ2) is 8.90. The van der Waals surface area contributed by atoms with Crippen LogP contribution in [0.4, 0.5) is 5.69 Å². The Labute approximate surface area is 133 Å². The molecule has 0 bridgehead atoms. The number of ether oxygens (including phenoxy) is 1. The Bertz CT molecular complexity index is 432. The summed E-state index contributed by atoms with van der Waals surface area (Å²) in [6.07, 6.45) is 2.68. The van der Waals surface area contributed by atoms with E-state index >= 15 is 0 Å². The minimum absolute atomic E-state index is 0. The number of hydrogen-bond donors (Lipinski definition) is 2. The van der Waals surface area contributed by atoms with Crippen molar-refractivity contribution in [3.8, 4) is 5.75 Å². The molecule has 1 aromatic carbocycles. The Balaban J connectivity index is 0.00000400. The lowest BCUT2D eigenvalue weighted by Crippen LogP contribution is -2.48. The molecule has 0 heterocycles. The highest BCUT2D eigenvalue weighted by atomic mass is 35.5. The summed E-state index contributed by atoms with van der Waals surface area (Å²) in [6.45, 7) is 7.88. The van der Waals surface area contributed by atoms with Gasteiger partial charge in [-0.2, -0.15) is 0 Å². The lowest BCUT2D eigenvalue weighted by atomic mass is 9.96. The van der Waals surface area contributed by atoms with Crippen LogP contribution in [0.5, 0.6) is 5.75 Å². The van der Waals surface area contributed by atoms with Crippen LogP contribution in [0.2, 0.25) is 0 Å². The van der Waals surface area contributed by atoms with E-state index in [4.69, 9.17) is 10.5 Å². The van der Waals surface area contributed by atoms with Crippen LogP contribution < -0.4 is 15.8 Å². The fourth-order valence-electron chi connectivity index (χ4n) is 1.84. The summed E-state index contributed by atoms with van der Waals surface area (Å²) < 4.78 is 5.69.